The standard InChI is InChI=1S/C12H22N2O/c13-8-12(5-6-15-9-12)14(11-3-4-11)7-10-1-2-10/h10-11H,1-9,13H2. The molecule has 3 nitrogen and oxygen atoms in total. The van der Waals surface area contributed by atoms with E-state index in [9.17, 15) is 0 Å². The zero-order valence-corrected chi connectivity index (χ0v) is 9.45. The van der Waals surface area contributed by atoms with E-state index in [1.807, 2.05) is 0 Å². The molecule has 0 aromatic carbocycles. The predicted molar refractivity (Wildman–Crippen MR) is 59.7 cm³/mol. The third-order valence-electron chi connectivity index (χ3n) is 4.21. The smallest absolute Gasteiger partial charge is 0.0663 e. The summed E-state index contributed by atoms with van der Waals surface area (Å²) in [5, 5.41) is 0. The molecule has 1 aliphatic heterocycles. The van der Waals surface area contributed by atoms with Gasteiger partial charge in [-0.05, 0) is 38.0 Å². The van der Waals surface area contributed by atoms with Gasteiger partial charge in [-0.2, -0.15) is 0 Å². The predicted octanol–water partition coefficient (Wildman–Crippen LogP) is 0.979. The van der Waals surface area contributed by atoms with Gasteiger partial charge in [-0.15, -0.1) is 0 Å². The van der Waals surface area contributed by atoms with Crippen molar-refractivity contribution in [1.82, 2.24) is 4.90 Å². The number of ether oxygens (including phenoxy) is 1. The van der Waals surface area contributed by atoms with E-state index in [-0.39, 0.29) is 5.54 Å². The Morgan fingerprint density at radius 3 is 2.53 bits per heavy atom. The molecule has 2 saturated carbocycles. The highest BCUT2D eigenvalue weighted by Crippen LogP contribution is 2.40. The Balaban J connectivity index is 1.72. The molecule has 0 bridgehead atoms. The number of nitrogens with zero attached hydrogens (tertiary/aromatic N) is 1. The second-order valence-electron chi connectivity index (χ2n) is 5.56. The maximum atomic E-state index is 6.01. The summed E-state index contributed by atoms with van der Waals surface area (Å²) in [7, 11) is 0. The zero-order valence-electron chi connectivity index (χ0n) is 9.45. The van der Waals surface area contributed by atoms with Crippen molar-refractivity contribution < 1.29 is 4.74 Å². The minimum atomic E-state index is 0.198. The topological polar surface area (TPSA) is 38.5 Å². The second kappa shape index (κ2) is 3.72. The van der Waals surface area contributed by atoms with E-state index < -0.39 is 0 Å². The van der Waals surface area contributed by atoms with Gasteiger partial charge >= 0.3 is 0 Å². The van der Waals surface area contributed by atoms with Crippen molar-refractivity contribution in [2.75, 3.05) is 26.3 Å². The molecule has 0 aromatic heterocycles. The molecule has 3 heteroatoms. The summed E-state index contributed by atoms with van der Waals surface area (Å²) >= 11 is 0. The van der Waals surface area contributed by atoms with Crippen LogP contribution in [-0.4, -0.2) is 42.8 Å². The van der Waals surface area contributed by atoms with Gasteiger partial charge in [0.2, 0.25) is 0 Å². The van der Waals surface area contributed by atoms with Crippen LogP contribution < -0.4 is 5.73 Å². The molecule has 2 N–H and O–H groups in total. The molecule has 86 valence electrons. The molecule has 2 aliphatic carbocycles. The lowest BCUT2D eigenvalue weighted by molar-refractivity contribution is 0.0607. The molecular formula is C12H22N2O. The van der Waals surface area contributed by atoms with Crippen LogP contribution in [0.25, 0.3) is 0 Å². The summed E-state index contributed by atoms with van der Waals surface area (Å²) in [5.41, 5.74) is 6.21. The normalized spacial score (nSPS) is 36.4. The first-order valence-corrected chi connectivity index (χ1v) is 6.39. The average molecular weight is 210 g/mol. The molecule has 0 radical (unpaired) electrons. The molecule has 0 amide bonds. The third-order valence-corrected chi connectivity index (χ3v) is 4.21. The van der Waals surface area contributed by atoms with E-state index >= 15 is 0 Å². The lowest BCUT2D eigenvalue weighted by Gasteiger charge is -2.40. The molecule has 1 atom stereocenters. The summed E-state index contributed by atoms with van der Waals surface area (Å²) in [6.45, 7) is 3.83. The van der Waals surface area contributed by atoms with Crippen molar-refractivity contribution >= 4 is 0 Å². The highest BCUT2D eigenvalue weighted by atomic mass is 16.5. The van der Waals surface area contributed by atoms with Crippen LogP contribution in [0.4, 0.5) is 0 Å². The van der Waals surface area contributed by atoms with Gasteiger partial charge in [0.1, 0.15) is 0 Å². The van der Waals surface area contributed by atoms with Crippen LogP contribution in [0.2, 0.25) is 0 Å². The van der Waals surface area contributed by atoms with Crippen LogP contribution in [0.15, 0.2) is 0 Å². The van der Waals surface area contributed by atoms with Gasteiger partial charge in [0.15, 0.2) is 0 Å². The summed E-state index contributed by atoms with van der Waals surface area (Å²) in [6.07, 6.45) is 6.78. The monoisotopic (exact) mass is 210 g/mol. The molecule has 1 heterocycles. The Morgan fingerprint density at radius 2 is 2.07 bits per heavy atom. The molecule has 15 heavy (non-hydrogen) atoms. The highest BCUT2D eigenvalue weighted by Gasteiger charge is 2.47. The average Bonchev–Trinajstić information content (AvgIpc) is 3.15. The first-order valence-electron chi connectivity index (χ1n) is 6.39. The molecule has 3 fully saturated rings. The fourth-order valence-electron chi connectivity index (χ4n) is 2.80. The largest absolute Gasteiger partial charge is 0.379 e. The number of hydrogen-bond acceptors (Lipinski definition) is 3. The van der Waals surface area contributed by atoms with Crippen molar-refractivity contribution in [1.29, 1.82) is 0 Å². The van der Waals surface area contributed by atoms with Gasteiger partial charge in [-0.25, -0.2) is 0 Å². The number of nitrogens with two attached hydrogens (primary N) is 1. The minimum Gasteiger partial charge on any atom is -0.379 e. The van der Waals surface area contributed by atoms with Crippen LogP contribution in [-0.2, 0) is 4.74 Å². The van der Waals surface area contributed by atoms with Crippen molar-refractivity contribution in [3.63, 3.8) is 0 Å². The first-order chi connectivity index (χ1) is 7.34. The maximum Gasteiger partial charge on any atom is 0.0663 e. The van der Waals surface area contributed by atoms with E-state index in [0.29, 0.717) is 0 Å². The summed E-state index contributed by atoms with van der Waals surface area (Å²) < 4.78 is 5.59. The van der Waals surface area contributed by atoms with Crippen molar-refractivity contribution in [3.8, 4) is 0 Å². The fraction of sp³-hybridized carbons (Fsp3) is 1.00. The molecule has 0 aromatic rings. The SMILES string of the molecule is NCC1(N(CC2CC2)C2CC2)CCOC1. The fourth-order valence-corrected chi connectivity index (χ4v) is 2.80. The van der Waals surface area contributed by atoms with Crippen molar-refractivity contribution in [3.05, 3.63) is 0 Å². The molecule has 1 unspecified atom stereocenters. The van der Waals surface area contributed by atoms with Gasteiger partial charge in [0.25, 0.3) is 0 Å². The van der Waals surface area contributed by atoms with Gasteiger partial charge < -0.3 is 10.5 Å². The van der Waals surface area contributed by atoms with Crippen molar-refractivity contribution in [2.45, 2.75) is 43.7 Å². The van der Waals surface area contributed by atoms with Crippen LogP contribution in [0.1, 0.15) is 32.1 Å². The summed E-state index contributed by atoms with van der Waals surface area (Å²) in [6, 6.07) is 0.829. The second-order valence-corrected chi connectivity index (χ2v) is 5.56. The van der Waals surface area contributed by atoms with E-state index in [4.69, 9.17) is 10.5 Å². The Hall–Kier alpha value is -0.120. The van der Waals surface area contributed by atoms with Crippen LogP contribution >= 0.6 is 0 Å². The lowest BCUT2D eigenvalue weighted by atomic mass is 9.95. The Bertz CT molecular complexity index is 230. The van der Waals surface area contributed by atoms with Crippen LogP contribution in [0.5, 0.6) is 0 Å². The van der Waals surface area contributed by atoms with Gasteiger partial charge in [0.05, 0.1) is 12.1 Å². The highest BCUT2D eigenvalue weighted by molar-refractivity contribution is 5.02. The summed E-state index contributed by atoms with van der Waals surface area (Å²) in [5.74, 6) is 0.967. The van der Waals surface area contributed by atoms with Crippen LogP contribution in [0, 0.1) is 5.92 Å². The maximum absolute atomic E-state index is 6.01. The van der Waals surface area contributed by atoms with Crippen LogP contribution in [0.3, 0.4) is 0 Å². The van der Waals surface area contributed by atoms with Gasteiger partial charge in [-0.3, -0.25) is 4.90 Å². The number of hydrogen-bond donors (Lipinski definition) is 1. The molecule has 3 aliphatic rings. The molecule has 3 rings (SSSR count). The first kappa shape index (κ1) is 10.1. The molecule has 0 spiro atoms. The Labute approximate surface area is 91.9 Å². The molecule has 1 saturated heterocycles. The van der Waals surface area contributed by atoms with Gasteiger partial charge in [0, 0.05) is 25.7 Å². The minimum absolute atomic E-state index is 0.198. The number of rotatable bonds is 5. The summed E-state index contributed by atoms with van der Waals surface area (Å²) in [4.78, 5) is 2.71. The Morgan fingerprint density at radius 1 is 1.27 bits per heavy atom. The van der Waals surface area contributed by atoms with E-state index in [0.717, 1.165) is 38.1 Å². The van der Waals surface area contributed by atoms with E-state index in [1.54, 1.807) is 0 Å². The molecular weight excluding hydrogens is 188 g/mol. The van der Waals surface area contributed by atoms with E-state index in [2.05, 4.69) is 4.90 Å². The zero-order chi connectivity index (χ0) is 10.3. The van der Waals surface area contributed by atoms with Crippen molar-refractivity contribution in [2.24, 2.45) is 11.7 Å². The quantitative estimate of drug-likeness (QED) is 0.735. The third kappa shape index (κ3) is 1.93. The van der Waals surface area contributed by atoms with E-state index in [1.165, 1.54) is 32.2 Å². The van der Waals surface area contributed by atoms with Gasteiger partial charge in [-0.1, -0.05) is 0 Å². The lowest BCUT2D eigenvalue weighted by Crippen LogP contribution is -2.56. The Kier molecular flexibility index (Phi) is 2.49.